The first-order valence-corrected chi connectivity index (χ1v) is 10.4. The van der Waals surface area contributed by atoms with Gasteiger partial charge in [-0.2, -0.15) is 0 Å². The molecule has 2 aromatic rings. The van der Waals surface area contributed by atoms with Gasteiger partial charge in [0.2, 0.25) is 18.6 Å². The number of ether oxygens (including phenoxy) is 3. The van der Waals surface area contributed by atoms with Crippen LogP contribution in [0, 0.1) is 0 Å². The van der Waals surface area contributed by atoms with Gasteiger partial charge in [0, 0.05) is 30.8 Å². The number of benzene rings is 2. The topological polar surface area (TPSA) is 89.5 Å². The van der Waals surface area contributed by atoms with Gasteiger partial charge >= 0.3 is 0 Å². The summed E-state index contributed by atoms with van der Waals surface area (Å²) in [5.74, 6) is 1.52. The van der Waals surface area contributed by atoms with Crippen LogP contribution in [-0.2, 0) is 9.59 Å². The van der Waals surface area contributed by atoms with Crippen molar-refractivity contribution in [3.05, 3.63) is 42.5 Å². The van der Waals surface area contributed by atoms with Gasteiger partial charge in [-0.25, -0.2) is 4.99 Å². The number of thioether (sulfide) groups is 1. The molecule has 1 fully saturated rings. The van der Waals surface area contributed by atoms with Crippen LogP contribution >= 0.6 is 11.8 Å². The van der Waals surface area contributed by atoms with Gasteiger partial charge in [-0.3, -0.25) is 14.5 Å². The first kappa shape index (κ1) is 20.1. The maximum absolute atomic E-state index is 12.8. The van der Waals surface area contributed by atoms with Crippen molar-refractivity contribution < 1.29 is 23.8 Å². The van der Waals surface area contributed by atoms with Crippen molar-refractivity contribution in [2.45, 2.75) is 18.6 Å². The number of anilines is 1. The van der Waals surface area contributed by atoms with Crippen LogP contribution in [0.2, 0.25) is 0 Å². The van der Waals surface area contributed by atoms with Crippen molar-refractivity contribution in [1.29, 1.82) is 0 Å². The molecule has 8 nitrogen and oxygen atoms in total. The second-order valence-corrected chi connectivity index (χ2v) is 7.77. The summed E-state index contributed by atoms with van der Waals surface area (Å²) >= 11 is 1.27. The van der Waals surface area contributed by atoms with E-state index in [0.29, 0.717) is 40.3 Å². The lowest BCUT2D eigenvalue weighted by molar-refractivity contribution is -0.129. The van der Waals surface area contributed by atoms with E-state index in [1.165, 1.54) is 11.8 Å². The number of amidine groups is 1. The SMILES string of the molecule is CCN1C(=O)CC(C(=O)Nc2cccc(OC)c2)SC1=Nc1ccc2c(c1)OCO2. The molecule has 0 bridgehead atoms. The number of carbonyl (C=O) groups excluding carboxylic acids is 2. The van der Waals surface area contributed by atoms with Crippen molar-refractivity contribution in [3.8, 4) is 17.2 Å². The minimum Gasteiger partial charge on any atom is -0.497 e. The minimum absolute atomic E-state index is 0.106. The van der Waals surface area contributed by atoms with Crippen molar-refractivity contribution in [2.24, 2.45) is 4.99 Å². The number of hydrogen-bond donors (Lipinski definition) is 1. The number of nitrogens with zero attached hydrogens (tertiary/aromatic N) is 2. The monoisotopic (exact) mass is 427 g/mol. The summed E-state index contributed by atoms with van der Waals surface area (Å²) in [6, 6.07) is 12.4. The number of rotatable bonds is 5. The zero-order valence-electron chi connectivity index (χ0n) is 16.6. The third kappa shape index (κ3) is 4.20. The van der Waals surface area contributed by atoms with E-state index in [2.05, 4.69) is 10.3 Å². The average Bonchev–Trinajstić information content (AvgIpc) is 3.21. The lowest BCUT2D eigenvalue weighted by atomic mass is 10.2. The smallest absolute Gasteiger partial charge is 0.238 e. The largest absolute Gasteiger partial charge is 0.497 e. The van der Waals surface area contributed by atoms with E-state index >= 15 is 0 Å². The molecule has 0 aromatic heterocycles. The van der Waals surface area contributed by atoms with Crippen LogP contribution in [0.25, 0.3) is 0 Å². The second kappa shape index (κ2) is 8.66. The predicted molar refractivity (Wildman–Crippen MR) is 115 cm³/mol. The summed E-state index contributed by atoms with van der Waals surface area (Å²) in [5.41, 5.74) is 1.24. The van der Waals surface area contributed by atoms with E-state index in [-0.39, 0.29) is 25.0 Å². The summed E-state index contributed by atoms with van der Waals surface area (Å²) in [7, 11) is 1.56. The highest BCUT2D eigenvalue weighted by Gasteiger charge is 2.35. The van der Waals surface area contributed by atoms with Crippen LogP contribution < -0.4 is 19.5 Å². The molecular formula is C21H21N3O5S. The summed E-state index contributed by atoms with van der Waals surface area (Å²) in [6.45, 7) is 2.53. The molecule has 1 unspecified atom stereocenters. The summed E-state index contributed by atoms with van der Waals surface area (Å²) in [4.78, 5) is 31.7. The summed E-state index contributed by atoms with van der Waals surface area (Å²) in [6.07, 6.45) is 0.106. The fraction of sp³-hybridized carbons (Fsp3) is 0.286. The van der Waals surface area contributed by atoms with Gasteiger partial charge in [-0.15, -0.1) is 0 Å². The maximum Gasteiger partial charge on any atom is 0.238 e. The van der Waals surface area contributed by atoms with Crippen molar-refractivity contribution in [3.63, 3.8) is 0 Å². The number of aliphatic imine (C=N–C) groups is 1. The molecule has 1 atom stereocenters. The first-order chi connectivity index (χ1) is 14.6. The van der Waals surface area contributed by atoms with Crippen LogP contribution in [-0.4, -0.2) is 47.6 Å². The van der Waals surface area contributed by atoms with Gasteiger partial charge in [0.05, 0.1) is 12.8 Å². The predicted octanol–water partition coefficient (Wildman–Crippen LogP) is 3.40. The molecule has 30 heavy (non-hydrogen) atoms. The van der Waals surface area contributed by atoms with Gasteiger partial charge in [-0.05, 0) is 31.2 Å². The molecular weight excluding hydrogens is 406 g/mol. The molecule has 0 saturated carbocycles. The number of nitrogens with one attached hydrogen (secondary N) is 1. The quantitative estimate of drug-likeness (QED) is 0.787. The highest BCUT2D eigenvalue weighted by atomic mass is 32.2. The Kier molecular flexibility index (Phi) is 5.80. The van der Waals surface area contributed by atoms with E-state index in [4.69, 9.17) is 14.2 Å². The Labute approximate surface area is 178 Å². The molecule has 156 valence electrons. The van der Waals surface area contributed by atoms with Gasteiger partial charge < -0.3 is 19.5 Å². The molecule has 0 radical (unpaired) electrons. The van der Waals surface area contributed by atoms with Crippen molar-refractivity contribution in [1.82, 2.24) is 4.90 Å². The zero-order chi connectivity index (χ0) is 21.1. The van der Waals surface area contributed by atoms with Crippen LogP contribution in [0.4, 0.5) is 11.4 Å². The Balaban J connectivity index is 1.54. The Morgan fingerprint density at radius 3 is 2.90 bits per heavy atom. The molecule has 2 heterocycles. The number of methoxy groups -OCH3 is 1. The van der Waals surface area contributed by atoms with E-state index in [1.807, 2.05) is 6.92 Å². The van der Waals surface area contributed by atoms with E-state index in [0.717, 1.165) is 0 Å². The summed E-state index contributed by atoms with van der Waals surface area (Å²) in [5, 5.41) is 2.76. The Morgan fingerprint density at radius 2 is 2.10 bits per heavy atom. The number of amides is 2. The molecule has 2 aliphatic heterocycles. The van der Waals surface area contributed by atoms with Crippen LogP contribution in [0.3, 0.4) is 0 Å². The second-order valence-electron chi connectivity index (χ2n) is 6.60. The van der Waals surface area contributed by atoms with Gasteiger partial charge in [0.15, 0.2) is 16.7 Å². The van der Waals surface area contributed by atoms with E-state index in [9.17, 15) is 9.59 Å². The molecule has 0 spiro atoms. The van der Waals surface area contributed by atoms with Gasteiger partial charge in [0.1, 0.15) is 11.0 Å². The molecule has 1 N–H and O–H groups in total. The number of hydrogen-bond acceptors (Lipinski definition) is 7. The molecule has 2 aliphatic rings. The normalized spacial score (nSPS) is 19.1. The average molecular weight is 427 g/mol. The number of carbonyl (C=O) groups is 2. The fourth-order valence-corrected chi connectivity index (χ4v) is 4.30. The highest BCUT2D eigenvalue weighted by Crippen LogP contribution is 2.37. The highest BCUT2D eigenvalue weighted by molar-refractivity contribution is 8.15. The van der Waals surface area contributed by atoms with Crippen molar-refractivity contribution in [2.75, 3.05) is 25.8 Å². The third-order valence-electron chi connectivity index (χ3n) is 4.67. The van der Waals surface area contributed by atoms with Gasteiger partial charge in [0.25, 0.3) is 0 Å². The first-order valence-electron chi connectivity index (χ1n) is 9.47. The van der Waals surface area contributed by atoms with E-state index in [1.54, 1.807) is 54.5 Å². The number of fused-ring (bicyclic) bond motifs is 1. The molecule has 2 amide bonds. The zero-order valence-corrected chi connectivity index (χ0v) is 17.4. The molecule has 9 heteroatoms. The lowest BCUT2D eigenvalue weighted by Crippen LogP contribution is -2.45. The molecule has 2 aromatic carbocycles. The minimum atomic E-state index is -0.584. The van der Waals surface area contributed by atoms with Gasteiger partial charge in [-0.1, -0.05) is 17.8 Å². The standard InChI is InChI=1S/C21H21N3O5S/c1-3-24-19(25)11-18(20(26)22-13-5-4-6-15(9-13)27-2)30-21(24)23-14-7-8-16-17(10-14)29-12-28-16/h4-10,18H,3,11-12H2,1-2H3,(H,22,26). The fourth-order valence-electron chi connectivity index (χ4n) is 3.14. The molecule has 4 rings (SSSR count). The molecule has 1 saturated heterocycles. The molecule has 0 aliphatic carbocycles. The third-order valence-corrected chi connectivity index (χ3v) is 5.85. The maximum atomic E-state index is 12.8. The van der Waals surface area contributed by atoms with Crippen LogP contribution in [0.5, 0.6) is 17.2 Å². The summed E-state index contributed by atoms with van der Waals surface area (Å²) < 4.78 is 15.9. The Bertz CT molecular complexity index is 1010. The Morgan fingerprint density at radius 1 is 1.27 bits per heavy atom. The Hall–Kier alpha value is -3.20. The van der Waals surface area contributed by atoms with E-state index < -0.39 is 5.25 Å². The lowest BCUT2D eigenvalue weighted by Gasteiger charge is -2.30. The van der Waals surface area contributed by atoms with Crippen LogP contribution in [0.15, 0.2) is 47.5 Å². The van der Waals surface area contributed by atoms with Crippen LogP contribution in [0.1, 0.15) is 13.3 Å². The van der Waals surface area contributed by atoms with Crippen molar-refractivity contribution >= 4 is 40.1 Å².